The van der Waals surface area contributed by atoms with Crippen molar-refractivity contribution in [3.63, 3.8) is 0 Å². The van der Waals surface area contributed by atoms with Gasteiger partial charge in [0.05, 0.1) is 5.69 Å². The van der Waals surface area contributed by atoms with Gasteiger partial charge in [-0.1, -0.05) is 0 Å². The summed E-state index contributed by atoms with van der Waals surface area (Å²) in [5.74, 6) is -2.89. The second-order valence-corrected chi connectivity index (χ2v) is 6.09. The average molecular weight is 425 g/mol. The Morgan fingerprint density at radius 2 is 1.81 bits per heavy atom. The molecule has 11 heteroatoms. The highest BCUT2D eigenvalue weighted by molar-refractivity contribution is 6.18. The van der Waals surface area contributed by atoms with E-state index in [1.165, 1.54) is 12.1 Å². The van der Waals surface area contributed by atoms with Crippen molar-refractivity contribution in [1.82, 2.24) is 5.32 Å². The fourth-order valence-electron chi connectivity index (χ4n) is 2.17. The van der Waals surface area contributed by atoms with E-state index in [0.717, 1.165) is 6.07 Å². The highest BCUT2D eigenvalue weighted by Gasteiger charge is 2.22. The van der Waals surface area contributed by atoms with Crippen LogP contribution in [0.5, 0.6) is 5.75 Å². The molecule has 8 nitrogen and oxygen atoms in total. The van der Waals surface area contributed by atoms with E-state index >= 15 is 0 Å². The van der Waals surface area contributed by atoms with Crippen LogP contribution < -0.4 is 15.0 Å². The van der Waals surface area contributed by atoms with Crippen LogP contribution in [0.25, 0.3) is 0 Å². The zero-order chi connectivity index (χ0) is 20.4. The van der Waals surface area contributed by atoms with Crippen molar-refractivity contribution in [2.24, 2.45) is 0 Å². The Morgan fingerprint density at radius 3 is 2.30 bits per heavy atom. The van der Waals surface area contributed by atoms with Crippen molar-refractivity contribution in [1.29, 1.82) is 0 Å². The second kappa shape index (κ2) is 11.5. The third kappa shape index (κ3) is 7.88. The predicted molar refractivity (Wildman–Crippen MR) is 97.5 cm³/mol. The summed E-state index contributed by atoms with van der Waals surface area (Å²) < 4.78 is 19.2. The van der Waals surface area contributed by atoms with Crippen molar-refractivity contribution >= 4 is 46.9 Å². The number of benzene rings is 1. The minimum Gasteiger partial charge on any atom is -0.481 e. The molecule has 3 N–H and O–H groups in total. The first-order chi connectivity index (χ1) is 12.8. The monoisotopic (exact) mass is 424 g/mol. The third-order valence-electron chi connectivity index (χ3n) is 3.42. The summed E-state index contributed by atoms with van der Waals surface area (Å²) in [5.41, 5.74) is 0.230. The molecule has 0 aliphatic rings. The van der Waals surface area contributed by atoms with E-state index in [9.17, 15) is 18.8 Å². The number of anilines is 1. The standard InChI is InChI=1S/C16H19Cl2FN2O6/c17-5-7-21(8-6-18)13-3-1-10(9-11(13)19)27-16(26)20-12(15(24)25)2-4-14(22)23/h1,3,9,12H,2,4-8H2,(H,20,26)(H,22,23)(H,24,25)/t12-/m0/s1. The van der Waals surface area contributed by atoms with Gasteiger partial charge in [0.2, 0.25) is 0 Å². The molecule has 1 rings (SSSR count). The number of halogens is 3. The molecule has 27 heavy (non-hydrogen) atoms. The van der Waals surface area contributed by atoms with E-state index in [-0.39, 0.29) is 29.6 Å². The van der Waals surface area contributed by atoms with Gasteiger partial charge in [0.25, 0.3) is 0 Å². The number of nitrogens with one attached hydrogen (secondary N) is 1. The molecule has 1 atom stereocenters. The van der Waals surface area contributed by atoms with Crippen LogP contribution in [-0.4, -0.2) is 59.1 Å². The number of aliphatic carboxylic acids is 2. The molecule has 1 aromatic carbocycles. The first-order valence-electron chi connectivity index (χ1n) is 7.87. The van der Waals surface area contributed by atoms with Crippen LogP contribution in [0, 0.1) is 5.82 Å². The number of carboxylic acids is 2. The molecule has 1 amide bonds. The maximum absolute atomic E-state index is 14.3. The predicted octanol–water partition coefficient (Wildman–Crippen LogP) is 2.52. The van der Waals surface area contributed by atoms with Crippen LogP contribution in [0.3, 0.4) is 0 Å². The Kier molecular flexibility index (Phi) is 9.66. The quantitative estimate of drug-likeness (QED) is 0.467. The van der Waals surface area contributed by atoms with Crippen LogP contribution in [0.2, 0.25) is 0 Å². The number of hydrogen-bond donors (Lipinski definition) is 3. The number of amides is 1. The molecule has 0 radical (unpaired) electrons. The van der Waals surface area contributed by atoms with Gasteiger partial charge in [-0.25, -0.2) is 14.0 Å². The van der Waals surface area contributed by atoms with Gasteiger partial charge >= 0.3 is 18.0 Å². The lowest BCUT2D eigenvalue weighted by molar-refractivity contribution is -0.140. The van der Waals surface area contributed by atoms with Gasteiger partial charge in [-0.05, 0) is 18.6 Å². The summed E-state index contributed by atoms with van der Waals surface area (Å²) in [6.45, 7) is 0.742. The smallest absolute Gasteiger partial charge is 0.413 e. The van der Waals surface area contributed by atoms with Crippen molar-refractivity contribution in [2.45, 2.75) is 18.9 Å². The van der Waals surface area contributed by atoms with Gasteiger partial charge < -0.3 is 25.2 Å². The maximum atomic E-state index is 14.3. The summed E-state index contributed by atoms with van der Waals surface area (Å²) in [4.78, 5) is 35.0. The van der Waals surface area contributed by atoms with E-state index < -0.39 is 36.3 Å². The van der Waals surface area contributed by atoms with Gasteiger partial charge in [0, 0.05) is 37.3 Å². The number of carboxylic acid groups (broad SMARTS) is 2. The minimum absolute atomic E-state index is 0.146. The number of ether oxygens (including phenoxy) is 1. The molecule has 150 valence electrons. The van der Waals surface area contributed by atoms with Gasteiger partial charge in [-0.3, -0.25) is 4.79 Å². The van der Waals surface area contributed by atoms with Gasteiger partial charge in [0.1, 0.15) is 17.6 Å². The van der Waals surface area contributed by atoms with Crippen LogP contribution >= 0.6 is 23.2 Å². The van der Waals surface area contributed by atoms with Crippen molar-refractivity contribution in [3.8, 4) is 5.75 Å². The number of rotatable bonds is 11. The van der Waals surface area contributed by atoms with Crippen molar-refractivity contribution < 1.29 is 33.7 Å². The number of carbonyl (C=O) groups is 3. The fourth-order valence-corrected chi connectivity index (χ4v) is 2.58. The lowest BCUT2D eigenvalue weighted by Gasteiger charge is -2.23. The molecular weight excluding hydrogens is 406 g/mol. The van der Waals surface area contributed by atoms with Crippen LogP contribution in [-0.2, 0) is 9.59 Å². The van der Waals surface area contributed by atoms with Crippen molar-refractivity contribution in [2.75, 3.05) is 29.7 Å². The lowest BCUT2D eigenvalue weighted by Crippen LogP contribution is -2.42. The van der Waals surface area contributed by atoms with E-state index in [2.05, 4.69) is 0 Å². The zero-order valence-electron chi connectivity index (χ0n) is 14.2. The highest BCUT2D eigenvalue weighted by atomic mass is 35.5. The fraction of sp³-hybridized carbons (Fsp3) is 0.438. The highest BCUT2D eigenvalue weighted by Crippen LogP contribution is 2.24. The Hall–Kier alpha value is -2.26. The number of carbonyl (C=O) groups excluding carboxylic acids is 1. The Labute approximate surface area is 164 Å². The molecule has 1 aromatic rings. The number of alkyl halides is 2. The molecule has 0 spiro atoms. The van der Waals surface area contributed by atoms with Gasteiger partial charge in [-0.15, -0.1) is 23.2 Å². The first kappa shape index (κ1) is 22.8. The Balaban J connectivity index is 2.77. The Bertz CT molecular complexity index is 670. The van der Waals surface area contributed by atoms with Crippen LogP contribution in [0.1, 0.15) is 12.8 Å². The molecule has 0 aliphatic carbocycles. The topological polar surface area (TPSA) is 116 Å². The summed E-state index contributed by atoms with van der Waals surface area (Å²) in [6.07, 6.45) is -1.91. The average Bonchev–Trinajstić information content (AvgIpc) is 2.58. The number of nitrogens with zero attached hydrogens (tertiary/aromatic N) is 1. The maximum Gasteiger partial charge on any atom is 0.413 e. The summed E-state index contributed by atoms with van der Waals surface area (Å²) in [6, 6.07) is 2.24. The zero-order valence-corrected chi connectivity index (χ0v) is 15.7. The van der Waals surface area contributed by atoms with E-state index in [0.29, 0.717) is 13.1 Å². The summed E-state index contributed by atoms with van der Waals surface area (Å²) in [5, 5.41) is 19.6. The van der Waals surface area contributed by atoms with Crippen LogP contribution in [0.15, 0.2) is 18.2 Å². The molecule has 0 saturated heterocycles. The summed E-state index contributed by atoms with van der Waals surface area (Å²) >= 11 is 11.4. The van der Waals surface area contributed by atoms with Gasteiger partial charge in [0.15, 0.2) is 0 Å². The van der Waals surface area contributed by atoms with E-state index in [1.807, 2.05) is 5.32 Å². The molecule has 0 fully saturated rings. The lowest BCUT2D eigenvalue weighted by atomic mass is 10.1. The van der Waals surface area contributed by atoms with Crippen molar-refractivity contribution in [3.05, 3.63) is 24.0 Å². The van der Waals surface area contributed by atoms with E-state index in [1.54, 1.807) is 4.90 Å². The second-order valence-electron chi connectivity index (χ2n) is 5.34. The largest absolute Gasteiger partial charge is 0.481 e. The molecule has 0 aliphatic heterocycles. The summed E-state index contributed by atoms with van der Waals surface area (Å²) in [7, 11) is 0. The molecule has 0 heterocycles. The van der Waals surface area contributed by atoms with Gasteiger partial charge in [-0.2, -0.15) is 0 Å². The molecule has 0 saturated carbocycles. The minimum atomic E-state index is -1.44. The Morgan fingerprint density at radius 1 is 1.19 bits per heavy atom. The molecule has 0 aromatic heterocycles. The van der Waals surface area contributed by atoms with E-state index in [4.69, 9.17) is 38.2 Å². The SMILES string of the molecule is O=C(O)CC[C@H](NC(=O)Oc1ccc(N(CCCl)CCCl)c(F)c1)C(=O)O. The number of hydrogen-bond acceptors (Lipinski definition) is 5. The third-order valence-corrected chi connectivity index (χ3v) is 3.75. The molecular formula is C16H19Cl2FN2O6. The molecule has 0 unspecified atom stereocenters. The first-order valence-corrected chi connectivity index (χ1v) is 8.94. The molecule has 0 bridgehead atoms. The van der Waals surface area contributed by atoms with Crippen LogP contribution in [0.4, 0.5) is 14.9 Å². The normalized spacial score (nSPS) is 11.5.